The molecule has 2 N–H and O–H groups in total. The van der Waals surface area contributed by atoms with Gasteiger partial charge in [0.05, 0.1) is 12.2 Å². The number of hydrogen-bond donors (Lipinski definition) is 2. The lowest BCUT2D eigenvalue weighted by Gasteiger charge is -2.14. The maximum atomic E-state index is 4.58. The van der Waals surface area contributed by atoms with Gasteiger partial charge >= 0.3 is 0 Å². The topological polar surface area (TPSA) is 57.5 Å². The number of aromatic nitrogens is 2. The van der Waals surface area contributed by atoms with E-state index in [1.54, 1.807) is 7.05 Å². The number of anilines is 1. The highest BCUT2D eigenvalue weighted by atomic mass is 15.2. The predicted molar refractivity (Wildman–Crippen MR) is 91.0 cm³/mol. The largest absolute Gasteiger partial charge is 0.363 e. The van der Waals surface area contributed by atoms with Gasteiger partial charge in [-0.2, -0.15) is 0 Å². The van der Waals surface area contributed by atoms with Crippen molar-refractivity contribution in [1.82, 2.24) is 20.2 Å². The zero-order valence-corrected chi connectivity index (χ0v) is 13.7. The first kappa shape index (κ1) is 15.9. The van der Waals surface area contributed by atoms with Gasteiger partial charge < -0.3 is 20.1 Å². The van der Waals surface area contributed by atoms with Crippen molar-refractivity contribution in [1.29, 1.82) is 0 Å². The van der Waals surface area contributed by atoms with Gasteiger partial charge in [-0.25, -0.2) is 4.98 Å². The highest BCUT2D eigenvalue weighted by Gasteiger charge is 2.02. The van der Waals surface area contributed by atoms with Crippen LogP contribution in [0, 0.1) is 0 Å². The van der Waals surface area contributed by atoms with Gasteiger partial charge in [0.1, 0.15) is 5.82 Å². The van der Waals surface area contributed by atoms with Gasteiger partial charge in [-0.05, 0) is 23.8 Å². The summed E-state index contributed by atoms with van der Waals surface area (Å²) >= 11 is 0. The molecule has 0 amide bonds. The predicted octanol–water partition coefficient (Wildman–Crippen LogP) is 1.35. The molecule has 0 unspecified atom stereocenters. The van der Waals surface area contributed by atoms with E-state index in [-0.39, 0.29) is 0 Å². The van der Waals surface area contributed by atoms with Crippen LogP contribution in [0.2, 0.25) is 0 Å². The Labute approximate surface area is 131 Å². The second kappa shape index (κ2) is 7.49. The SMILES string of the molecule is CN=C(NCc1ccn(C)c1)NCc1cccc(N(C)C)n1. The normalized spacial score (nSPS) is 11.4. The van der Waals surface area contributed by atoms with Crippen molar-refractivity contribution in [2.24, 2.45) is 12.0 Å². The first-order chi connectivity index (χ1) is 10.6. The van der Waals surface area contributed by atoms with Crippen molar-refractivity contribution in [2.45, 2.75) is 13.1 Å². The van der Waals surface area contributed by atoms with Gasteiger partial charge in [0.2, 0.25) is 0 Å². The lowest BCUT2D eigenvalue weighted by atomic mass is 10.3. The van der Waals surface area contributed by atoms with E-state index in [9.17, 15) is 0 Å². The molecule has 118 valence electrons. The van der Waals surface area contributed by atoms with E-state index >= 15 is 0 Å². The van der Waals surface area contributed by atoms with E-state index < -0.39 is 0 Å². The Kier molecular flexibility index (Phi) is 5.41. The average Bonchev–Trinajstić information content (AvgIpc) is 2.93. The molecule has 2 aromatic rings. The highest BCUT2D eigenvalue weighted by Crippen LogP contribution is 2.07. The van der Waals surface area contributed by atoms with Crippen molar-refractivity contribution < 1.29 is 0 Å². The number of hydrogen-bond acceptors (Lipinski definition) is 3. The monoisotopic (exact) mass is 300 g/mol. The molecular weight excluding hydrogens is 276 g/mol. The molecule has 0 aliphatic rings. The Hall–Kier alpha value is -2.50. The number of aliphatic imine (C=N–C) groups is 1. The quantitative estimate of drug-likeness (QED) is 0.646. The van der Waals surface area contributed by atoms with Crippen molar-refractivity contribution in [3.63, 3.8) is 0 Å². The van der Waals surface area contributed by atoms with E-state index in [0.29, 0.717) is 6.54 Å². The minimum Gasteiger partial charge on any atom is -0.363 e. The Balaban J connectivity index is 1.87. The zero-order valence-electron chi connectivity index (χ0n) is 13.7. The summed E-state index contributed by atoms with van der Waals surface area (Å²) in [6.45, 7) is 1.38. The van der Waals surface area contributed by atoms with Crippen molar-refractivity contribution in [3.05, 3.63) is 47.9 Å². The van der Waals surface area contributed by atoms with Crippen molar-refractivity contribution in [3.8, 4) is 0 Å². The maximum Gasteiger partial charge on any atom is 0.191 e. The number of guanidine groups is 1. The van der Waals surface area contributed by atoms with Gasteiger partial charge in [0.25, 0.3) is 0 Å². The third kappa shape index (κ3) is 4.51. The molecule has 0 saturated carbocycles. The van der Waals surface area contributed by atoms with Crippen LogP contribution in [-0.4, -0.2) is 36.7 Å². The summed E-state index contributed by atoms with van der Waals surface area (Å²) in [5, 5.41) is 6.57. The number of pyridine rings is 1. The number of nitrogens with zero attached hydrogens (tertiary/aromatic N) is 4. The standard InChI is InChI=1S/C16H24N6/c1-17-16(18-10-13-8-9-22(4)12-13)19-11-14-6-5-7-15(20-14)21(2)3/h5-9,12H,10-11H2,1-4H3,(H2,17,18,19). The second-order valence-corrected chi connectivity index (χ2v) is 5.35. The lowest BCUT2D eigenvalue weighted by Crippen LogP contribution is -2.36. The van der Waals surface area contributed by atoms with Crippen LogP contribution in [0.1, 0.15) is 11.3 Å². The Bertz CT molecular complexity index is 629. The number of rotatable bonds is 5. The molecule has 0 aliphatic heterocycles. The fourth-order valence-electron chi connectivity index (χ4n) is 2.06. The van der Waals surface area contributed by atoms with Crippen LogP contribution in [0.4, 0.5) is 5.82 Å². The fourth-order valence-corrected chi connectivity index (χ4v) is 2.06. The second-order valence-electron chi connectivity index (χ2n) is 5.35. The summed E-state index contributed by atoms with van der Waals surface area (Å²) in [4.78, 5) is 10.8. The molecular formula is C16H24N6. The minimum atomic E-state index is 0.635. The summed E-state index contributed by atoms with van der Waals surface area (Å²) in [6.07, 6.45) is 4.12. The first-order valence-corrected chi connectivity index (χ1v) is 7.27. The van der Waals surface area contributed by atoms with Crippen LogP contribution in [0.3, 0.4) is 0 Å². The molecule has 22 heavy (non-hydrogen) atoms. The molecule has 0 spiro atoms. The van der Waals surface area contributed by atoms with Gasteiger partial charge in [-0.1, -0.05) is 6.07 Å². The van der Waals surface area contributed by atoms with Crippen LogP contribution >= 0.6 is 0 Å². The summed E-state index contributed by atoms with van der Waals surface area (Å²) in [5.41, 5.74) is 2.20. The van der Waals surface area contributed by atoms with Crippen LogP contribution < -0.4 is 15.5 Å². The molecule has 6 heteroatoms. The fraction of sp³-hybridized carbons (Fsp3) is 0.375. The molecule has 2 aromatic heterocycles. The van der Waals surface area contributed by atoms with Crippen LogP contribution in [0.25, 0.3) is 0 Å². The molecule has 0 radical (unpaired) electrons. The smallest absolute Gasteiger partial charge is 0.191 e. The van der Waals surface area contributed by atoms with Crippen LogP contribution in [0.15, 0.2) is 41.7 Å². The van der Waals surface area contributed by atoms with Gasteiger partial charge in [0, 0.05) is 47.1 Å². The molecule has 0 aromatic carbocycles. The van der Waals surface area contributed by atoms with Crippen LogP contribution in [0.5, 0.6) is 0 Å². The van der Waals surface area contributed by atoms with E-state index in [2.05, 4.69) is 32.9 Å². The molecule has 0 aliphatic carbocycles. The van der Waals surface area contributed by atoms with Gasteiger partial charge in [-0.3, -0.25) is 4.99 Å². The van der Waals surface area contributed by atoms with Crippen molar-refractivity contribution >= 4 is 11.8 Å². The molecule has 0 fully saturated rings. The van der Waals surface area contributed by atoms with Gasteiger partial charge in [-0.15, -0.1) is 0 Å². The third-order valence-electron chi connectivity index (χ3n) is 3.26. The number of aryl methyl sites for hydroxylation is 1. The van der Waals surface area contributed by atoms with Crippen LogP contribution in [-0.2, 0) is 20.1 Å². The minimum absolute atomic E-state index is 0.635. The maximum absolute atomic E-state index is 4.58. The van der Waals surface area contributed by atoms with E-state index in [0.717, 1.165) is 24.0 Å². The molecule has 2 heterocycles. The Morgan fingerprint density at radius 3 is 2.64 bits per heavy atom. The van der Waals surface area contributed by atoms with E-state index in [4.69, 9.17) is 0 Å². The average molecular weight is 300 g/mol. The van der Waals surface area contributed by atoms with Gasteiger partial charge in [0.15, 0.2) is 5.96 Å². The zero-order chi connectivity index (χ0) is 15.9. The Morgan fingerprint density at radius 1 is 1.23 bits per heavy atom. The van der Waals surface area contributed by atoms with Crippen molar-refractivity contribution in [2.75, 3.05) is 26.0 Å². The number of nitrogens with one attached hydrogen (secondary N) is 2. The highest BCUT2D eigenvalue weighted by molar-refractivity contribution is 5.79. The summed E-state index contributed by atoms with van der Waals surface area (Å²) < 4.78 is 2.03. The molecule has 0 atom stereocenters. The molecule has 6 nitrogen and oxygen atoms in total. The molecule has 0 saturated heterocycles. The lowest BCUT2D eigenvalue weighted by molar-refractivity contribution is 0.791. The molecule has 0 bridgehead atoms. The summed E-state index contributed by atoms with van der Waals surface area (Å²) in [6, 6.07) is 8.10. The summed E-state index contributed by atoms with van der Waals surface area (Å²) in [7, 11) is 7.75. The first-order valence-electron chi connectivity index (χ1n) is 7.27. The Morgan fingerprint density at radius 2 is 2.00 bits per heavy atom. The van der Waals surface area contributed by atoms with E-state index in [1.165, 1.54) is 5.56 Å². The third-order valence-corrected chi connectivity index (χ3v) is 3.26. The van der Waals surface area contributed by atoms with E-state index in [1.807, 2.05) is 55.0 Å². The summed E-state index contributed by atoms with van der Waals surface area (Å²) in [5.74, 6) is 1.72. The molecule has 2 rings (SSSR count).